The van der Waals surface area contributed by atoms with Gasteiger partial charge < -0.3 is 4.74 Å². The first-order valence-corrected chi connectivity index (χ1v) is 10.5. The van der Waals surface area contributed by atoms with Crippen LogP contribution in [0.15, 0.2) is 0 Å². The molecule has 2 saturated carbocycles. The van der Waals surface area contributed by atoms with Gasteiger partial charge in [-0.2, -0.15) is 0 Å². The molecule has 0 aromatic heterocycles. The van der Waals surface area contributed by atoms with Crippen molar-refractivity contribution in [1.82, 2.24) is 0 Å². The van der Waals surface area contributed by atoms with Crippen LogP contribution in [0, 0.1) is 41.4 Å². The van der Waals surface area contributed by atoms with Crippen molar-refractivity contribution in [2.45, 2.75) is 92.6 Å². The highest BCUT2D eigenvalue weighted by atomic mass is 16.5. The topological polar surface area (TPSA) is 26.3 Å². The molecule has 2 nitrogen and oxygen atoms in total. The predicted octanol–water partition coefficient (Wildman–Crippen LogP) is 6.09. The van der Waals surface area contributed by atoms with Gasteiger partial charge >= 0.3 is 5.97 Å². The lowest BCUT2D eigenvalue weighted by Crippen LogP contribution is -2.37. The molecule has 0 saturated heterocycles. The second kappa shape index (κ2) is 8.72. The maximum atomic E-state index is 12.7. The van der Waals surface area contributed by atoms with Gasteiger partial charge in [0.2, 0.25) is 0 Å². The Morgan fingerprint density at radius 1 is 0.875 bits per heavy atom. The number of hydrogen-bond acceptors (Lipinski definition) is 2. The molecule has 2 heteroatoms. The summed E-state index contributed by atoms with van der Waals surface area (Å²) in [5.74, 6) is 4.58. The fraction of sp³-hybridized carbons (Fsp3) is 0.955. The molecule has 2 aliphatic carbocycles. The Morgan fingerprint density at radius 2 is 1.42 bits per heavy atom. The second-order valence-corrected chi connectivity index (χ2v) is 9.64. The minimum Gasteiger partial charge on any atom is -0.462 e. The molecule has 0 aliphatic heterocycles. The van der Waals surface area contributed by atoms with E-state index in [0.717, 1.165) is 12.3 Å². The monoisotopic (exact) mass is 336 g/mol. The van der Waals surface area contributed by atoms with E-state index in [1.807, 2.05) is 0 Å². The Balaban J connectivity index is 1.94. The van der Waals surface area contributed by atoms with E-state index < -0.39 is 0 Å². The van der Waals surface area contributed by atoms with E-state index in [9.17, 15) is 4.79 Å². The average molecular weight is 337 g/mol. The average Bonchev–Trinajstić information content (AvgIpc) is 2.46. The summed E-state index contributed by atoms with van der Waals surface area (Å²) >= 11 is 0. The summed E-state index contributed by atoms with van der Waals surface area (Å²) in [6, 6.07) is 0. The number of carbonyl (C=O) groups is 1. The summed E-state index contributed by atoms with van der Waals surface area (Å²) in [5, 5.41) is 0. The van der Waals surface area contributed by atoms with Gasteiger partial charge in [0, 0.05) is 6.42 Å². The van der Waals surface area contributed by atoms with E-state index >= 15 is 0 Å². The summed E-state index contributed by atoms with van der Waals surface area (Å²) in [6.45, 7) is 13.8. The predicted molar refractivity (Wildman–Crippen MR) is 101 cm³/mol. The minimum absolute atomic E-state index is 0.0736. The number of hydrogen-bond donors (Lipinski definition) is 0. The Hall–Kier alpha value is -0.530. The van der Waals surface area contributed by atoms with Gasteiger partial charge in [0.05, 0.1) is 0 Å². The van der Waals surface area contributed by atoms with Gasteiger partial charge in [0.25, 0.3) is 0 Å². The van der Waals surface area contributed by atoms with Crippen molar-refractivity contribution < 1.29 is 9.53 Å². The summed E-state index contributed by atoms with van der Waals surface area (Å²) in [6.07, 6.45) is 8.16. The number of esters is 1. The minimum atomic E-state index is 0.0736. The van der Waals surface area contributed by atoms with E-state index in [2.05, 4.69) is 41.5 Å². The Bertz CT molecular complexity index is 365. The first-order chi connectivity index (χ1) is 11.3. The lowest BCUT2D eigenvalue weighted by molar-refractivity contribution is -0.158. The highest BCUT2D eigenvalue weighted by Gasteiger charge is 2.36. The molecule has 2 fully saturated rings. The van der Waals surface area contributed by atoms with Crippen LogP contribution in [0.1, 0.15) is 86.5 Å². The molecule has 2 rings (SSSR count). The van der Waals surface area contributed by atoms with Crippen LogP contribution >= 0.6 is 0 Å². The van der Waals surface area contributed by atoms with Gasteiger partial charge in [-0.15, -0.1) is 0 Å². The smallest absolute Gasteiger partial charge is 0.306 e. The van der Waals surface area contributed by atoms with Gasteiger partial charge in [-0.05, 0) is 67.1 Å². The molecule has 24 heavy (non-hydrogen) atoms. The van der Waals surface area contributed by atoms with Crippen LogP contribution in [0.4, 0.5) is 0 Å². The molecule has 2 aliphatic rings. The van der Waals surface area contributed by atoms with Crippen molar-refractivity contribution in [1.29, 1.82) is 0 Å². The van der Waals surface area contributed by atoms with Crippen molar-refractivity contribution in [2.24, 2.45) is 41.4 Å². The zero-order valence-electron chi connectivity index (χ0n) is 16.9. The third-order valence-electron chi connectivity index (χ3n) is 6.83. The molecule has 0 spiro atoms. The highest BCUT2D eigenvalue weighted by molar-refractivity contribution is 5.70. The summed E-state index contributed by atoms with van der Waals surface area (Å²) in [4.78, 5) is 12.7. The number of carbonyl (C=O) groups excluding carboxylic acids is 1. The molecule has 140 valence electrons. The van der Waals surface area contributed by atoms with Gasteiger partial charge in [-0.1, -0.05) is 54.4 Å². The molecule has 6 atom stereocenters. The quantitative estimate of drug-likeness (QED) is 0.568. The number of rotatable bonds is 5. The fourth-order valence-electron chi connectivity index (χ4n) is 5.32. The van der Waals surface area contributed by atoms with Gasteiger partial charge in [0.1, 0.15) is 6.10 Å². The van der Waals surface area contributed by atoms with Crippen LogP contribution in [0.2, 0.25) is 0 Å². The third kappa shape index (κ3) is 5.23. The first kappa shape index (κ1) is 19.8. The lowest BCUT2D eigenvalue weighted by Gasteiger charge is -2.39. The molecule has 0 bridgehead atoms. The zero-order chi connectivity index (χ0) is 17.9. The molecular formula is C22H40O2. The maximum Gasteiger partial charge on any atom is 0.306 e. The highest BCUT2D eigenvalue weighted by Crippen LogP contribution is 2.41. The molecular weight excluding hydrogens is 296 g/mol. The molecule has 0 heterocycles. The van der Waals surface area contributed by atoms with Crippen molar-refractivity contribution in [2.75, 3.05) is 0 Å². The van der Waals surface area contributed by atoms with E-state index in [4.69, 9.17) is 4.74 Å². The summed E-state index contributed by atoms with van der Waals surface area (Å²) in [5.41, 5.74) is 0. The molecule has 0 aromatic rings. The normalized spacial score (nSPS) is 37.7. The van der Waals surface area contributed by atoms with Crippen LogP contribution in [-0.2, 0) is 9.53 Å². The van der Waals surface area contributed by atoms with Crippen molar-refractivity contribution >= 4 is 5.97 Å². The Labute approximate surface area is 150 Å². The molecule has 6 unspecified atom stereocenters. The van der Waals surface area contributed by atoms with Crippen LogP contribution in [-0.4, -0.2) is 12.1 Å². The summed E-state index contributed by atoms with van der Waals surface area (Å²) in [7, 11) is 0. The van der Waals surface area contributed by atoms with Crippen molar-refractivity contribution in [3.8, 4) is 0 Å². The Morgan fingerprint density at radius 3 is 2.00 bits per heavy atom. The largest absolute Gasteiger partial charge is 0.462 e. The van der Waals surface area contributed by atoms with E-state index in [0.29, 0.717) is 41.9 Å². The first-order valence-electron chi connectivity index (χ1n) is 10.5. The summed E-state index contributed by atoms with van der Waals surface area (Å²) < 4.78 is 6.06. The fourth-order valence-corrected chi connectivity index (χ4v) is 5.32. The zero-order valence-corrected chi connectivity index (χ0v) is 16.9. The van der Waals surface area contributed by atoms with Crippen molar-refractivity contribution in [3.63, 3.8) is 0 Å². The van der Waals surface area contributed by atoms with Gasteiger partial charge in [-0.25, -0.2) is 0 Å². The third-order valence-corrected chi connectivity index (χ3v) is 6.83. The molecule has 0 radical (unpaired) electrons. The van der Waals surface area contributed by atoms with Crippen LogP contribution in [0.25, 0.3) is 0 Å². The van der Waals surface area contributed by atoms with Crippen LogP contribution in [0.3, 0.4) is 0 Å². The van der Waals surface area contributed by atoms with Gasteiger partial charge in [0.15, 0.2) is 0 Å². The van der Waals surface area contributed by atoms with Crippen LogP contribution in [0.5, 0.6) is 0 Å². The lowest BCUT2D eigenvalue weighted by atomic mass is 9.69. The standard InChI is InChI=1S/C22H40O2/c1-14(2)19-9-7-16(5)11-18(19)13-22(23)24-21-12-17(6)8-10-20(21)15(3)4/h14-21H,7-13H2,1-6H3. The Kier molecular flexibility index (Phi) is 7.19. The van der Waals surface area contributed by atoms with Crippen LogP contribution < -0.4 is 0 Å². The van der Waals surface area contributed by atoms with E-state index in [-0.39, 0.29) is 12.1 Å². The second-order valence-electron chi connectivity index (χ2n) is 9.64. The number of ether oxygens (including phenoxy) is 1. The van der Waals surface area contributed by atoms with E-state index in [1.54, 1.807) is 0 Å². The molecule has 0 amide bonds. The molecule has 0 N–H and O–H groups in total. The molecule has 0 aromatic carbocycles. The van der Waals surface area contributed by atoms with E-state index in [1.165, 1.54) is 32.1 Å². The van der Waals surface area contributed by atoms with Gasteiger partial charge in [-0.3, -0.25) is 4.79 Å². The maximum absolute atomic E-state index is 12.7. The van der Waals surface area contributed by atoms with Crippen molar-refractivity contribution in [3.05, 3.63) is 0 Å². The SMILES string of the molecule is CC1CCC(C(C)C)C(CC(=O)OC2CC(C)CCC2C(C)C)C1.